The van der Waals surface area contributed by atoms with Crippen molar-refractivity contribution in [3.63, 3.8) is 0 Å². The minimum Gasteiger partial charge on any atom is -0.401 e. The van der Waals surface area contributed by atoms with E-state index in [2.05, 4.69) is 17.6 Å². The normalized spacial score (nSPS) is 13.1. The molecule has 0 saturated heterocycles. The van der Waals surface area contributed by atoms with E-state index in [1.165, 1.54) is 11.7 Å². The Kier molecular flexibility index (Phi) is 3.50. The lowest BCUT2D eigenvalue weighted by molar-refractivity contribution is 1.28. The van der Waals surface area contributed by atoms with Crippen molar-refractivity contribution in [1.29, 1.82) is 0 Å². The van der Waals surface area contributed by atoms with Crippen LogP contribution in [-0.2, 0) is 0 Å². The van der Waals surface area contributed by atoms with Gasteiger partial charge in [0.05, 0.1) is 5.55 Å². The molecule has 0 amide bonds. The predicted octanol–water partition coefficient (Wildman–Crippen LogP) is 0.764. The van der Waals surface area contributed by atoms with Crippen molar-refractivity contribution >= 4 is 18.2 Å². The first-order chi connectivity index (χ1) is 3.27. The van der Waals surface area contributed by atoms with Crippen molar-refractivity contribution in [2.75, 3.05) is 0 Å². The zero-order valence-corrected chi connectivity index (χ0v) is 5.02. The van der Waals surface area contributed by atoms with Gasteiger partial charge in [0.1, 0.15) is 0 Å². The third kappa shape index (κ3) is 5.56. The summed E-state index contributed by atoms with van der Waals surface area (Å²) < 4.78 is 0. The van der Waals surface area contributed by atoms with Crippen LogP contribution in [0.2, 0.25) is 0 Å². The number of nitrogens with two attached hydrogens (primary N) is 1. The fraction of sp³-hybridized carbons (Fsp3) is 0.250. The molecule has 7 heavy (non-hydrogen) atoms. The Morgan fingerprint density at radius 2 is 2.43 bits per heavy atom. The molecule has 0 heterocycles. The maximum Gasteiger partial charge on any atom is 0.0566 e. The molecule has 0 aliphatic rings. The van der Waals surface area contributed by atoms with Gasteiger partial charge in [0.15, 0.2) is 0 Å². The van der Waals surface area contributed by atoms with Gasteiger partial charge in [-0.15, -0.1) is 12.6 Å². The number of thiol groups is 1. The van der Waals surface area contributed by atoms with Crippen LogP contribution in [0.3, 0.4) is 0 Å². The van der Waals surface area contributed by atoms with Gasteiger partial charge in [-0.25, -0.2) is 0 Å². The molecule has 0 atom stereocenters. The summed E-state index contributed by atoms with van der Waals surface area (Å²) in [6.45, 7) is 1.76. The summed E-state index contributed by atoms with van der Waals surface area (Å²) >= 11 is 3.70. The van der Waals surface area contributed by atoms with Crippen LogP contribution in [0, 0.1) is 0 Å². The van der Waals surface area contributed by atoms with Gasteiger partial charge >= 0.3 is 0 Å². The average molecular weight is 116 g/mol. The van der Waals surface area contributed by atoms with E-state index in [0.717, 1.165) is 0 Å². The Balaban J connectivity index is 3.46. The van der Waals surface area contributed by atoms with Crippen LogP contribution >= 0.6 is 12.6 Å². The van der Waals surface area contributed by atoms with Crippen molar-refractivity contribution in [2.45, 2.75) is 6.92 Å². The second-order valence-electron chi connectivity index (χ2n) is 1.14. The lowest BCUT2D eigenvalue weighted by atomic mass is 10.6. The van der Waals surface area contributed by atoms with E-state index in [0.29, 0.717) is 5.70 Å². The van der Waals surface area contributed by atoms with Crippen molar-refractivity contribution in [1.82, 2.24) is 0 Å². The second kappa shape index (κ2) is 3.74. The fourth-order valence-electron chi connectivity index (χ4n) is 0.151. The van der Waals surface area contributed by atoms with E-state index in [1.807, 2.05) is 0 Å². The van der Waals surface area contributed by atoms with Gasteiger partial charge in [0.2, 0.25) is 0 Å². The molecule has 0 aromatic heterocycles. The molecule has 0 aromatic rings. The predicted molar refractivity (Wildman–Crippen MR) is 35.4 cm³/mol. The van der Waals surface area contributed by atoms with E-state index in [-0.39, 0.29) is 0 Å². The summed E-state index contributed by atoms with van der Waals surface area (Å²) in [7, 11) is 0. The van der Waals surface area contributed by atoms with Crippen molar-refractivity contribution < 1.29 is 0 Å². The van der Waals surface area contributed by atoms with Crippen LogP contribution in [0.25, 0.3) is 0 Å². The summed E-state index contributed by atoms with van der Waals surface area (Å²) in [5, 5.41) is 0. The Labute approximate surface area is 48.5 Å². The SMILES string of the molecule is C/C(N)=C\N=C/S. The maximum atomic E-state index is 5.19. The largest absolute Gasteiger partial charge is 0.401 e. The molecule has 2 N–H and O–H groups in total. The molecule has 0 unspecified atom stereocenters. The van der Waals surface area contributed by atoms with Crippen molar-refractivity contribution in [3.8, 4) is 0 Å². The quantitative estimate of drug-likeness (QED) is 0.296. The second-order valence-corrected chi connectivity index (χ2v) is 1.37. The lowest BCUT2D eigenvalue weighted by Crippen LogP contribution is -1.87. The van der Waals surface area contributed by atoms with E-state index in [4.69, 9.17) is 5.73 Å². The topological polar surface area (TPSA) is 38.4 Å². The first kappa shape index (κ1) is 6.56. The van der Waals surface area contributed by atoms with Gasteiger partial charge in [-0.1, -0.05) is 0 Å². The first-order valence-corrected chi connectivity index (χ1v) is 2.37. The monoisotopic (exact) mass is 116 g/mol. The van der Waals surface area contributed by atoms with Gasteiger partial charge in [0.25, 0.3) is 0 Å². The van der Waals surface area contributed by atoms with E-state index >= 15 is 0 Å². The number of hydrogen-bond donors (Lipinski definition) is 2. The lowest BCUT2D eigenvalue weighted by Gasteiger charge is -1.79. The van der Waals surface area contributed by atoms with Gasteiger partial charge in [0, 0.05) is 11.9 Å². The highest BCUT2D eigenvalue weighted by atomic mass is 32.1. The standard InChI is InChI=1S/C4H8N2S/c1-4(5)2-6-3-7/h2-3H,5H2,1H3,(H,6,7)/b4-2+. The smallest absolute Gasteiger partial charge is 0.0566 e. The molecular formula is C4H8N2S. The molecule has 0 aromatic carbocycles. The molecule has 0 rings (SSSR count). The van der Waals surface area contributed by atoms with Crippen LogP contribution in [-0.4, -0.2) is 5.55 Å². The molecule has 3 heteroatoms. The van der Waals surface area contributed by atoms with Crippen LogP contribution in [0.15, 0.2) is 16.9 Å². The molecule has 0 aliphatic heterocycles. The summed E-state index contributed by atoms with van der Waals surface area (Å²) in [6, 6.07) is 0. The fourth-order valence-corrected chi connectivity index (χ4v) is 0.218. The highest BCUT2D eigenvalue weighted by Gasteiger charge is 1.66. The van der Waals surface area contributed by atoms with Gasteiger partial charge in [-0.3, -0.25) is 4.99 Å². The molecule has 0 spiro atoms. The van der Waals surface area contributed by atoms with Crippen LogP contribution in [0.1, 0.15) is 6.92 Å². The third-order valence-corrected chi connectivity index (χ3v) is 0.478. The summed E-state index contributed by atoms with van der Waals surface area (Å²) in [4.78, 5) is 3.62. The van der Waals surface area contributed by atoms with Crippen LogP contribution in [0.5, 0.6) is 0 Å². The minimum absolute atomic E-state index is 0.685. The third-order valence-electron chi connectivity index (χ3n) is 0.345. The molecule has 0 saturated carbocycles. The van der Waals surface area contributed by atoms with Gasteiger partial charge in [-0.2, -0.15) is 0 Å². The number of aliphatic imine (C=N–C) groups is 1. The van der Waals surface area contributed by atoms with E-state index in [1.54, 1.807) is 6.92 Å². The minimum atomic E-state index is 0.685. The van der Waals surface area contributed by atoms with Crippen LogP contribution < -0.4 is 5.73 Å². The highest BCUT2D eigenvalue weighted by molar-refractivity contribution is 7.94. The number of rotatable bonds is 1. The zero-order chi connectivity index (χ0) is 5.70. The summed E-state index contributed by atoms with van der Waals surface area (Å²) in [5.74, 6) is 0. The first-order valence-electron chi connectivity index (χ1n) is 1.85. The number of nitrogens with zero attached hydrogens (tertiary/aromatic N) is 1. The van der Waals surface area contributed by atoms with E-state index < -0.39 is 0 Å². The Bertz CT molecular complexity index is 91.9. The van der Waals surface area contributed by atoms with Gasteiger partial charge < -0.3 is 5.73 Å². The zero-order valence-electron chi connectivity index (χ0n) is 4.13. The molecule has 0 fully saturated rings. The van der Waals surface area contributed by atoms with Crippen LogP contribution in [0.4, 0.5) is 0 Å². The maximum absolute atomic E-state index is 5.19. The van der Waals surface area contributed by atoms with Gasteiger partial charge in [-0.05, 0) is 6.92 Å². The van der Waals surface area contributed by atoms with E-state index in [9.17, 15) is 0 Å². The molecule has 0 bridgehead atoms. The molecular weight excluding hydrogens is 108 g/mol. The molecule has 2 nitrogen and oxygen atoms in total. The van der Waals surface area contributed by atoms with Crippen molar-refractivity contribution in [2.24, 2.45) is 10.7 Å². The molecule has 0 aliphatic carbocycles. The number of allylic oxidation sites excluding steroid dienone is 1. The Hall–Kier alpha value is -0.440. The summed E-state index contributed by atoms with van der Waals surface area (Å²) in [6.07, 6.45) is 1.53. The average Bonchev–Trinajstić information content (AvgIpc) is 1.61. The highest BCUT2D eigenvalue weighted by Crippen LogP contribution is 1.78. The number of hydrogen-bond acceptors (Lipinski definition) is 2. The molecule has 40 valence electrons. The molecule has 0 radical (unpaired) electrons. The Morgan fingerprint density at radius 3 is 2.57 bits per heavy atom. The summed E-state index contributed by atoms with van der Waals surface area (Å²) in [5.41, 5.74) is 7.26. The Morgan fingerprint density at radius 1 is 1.86 bits per heavy atom. The van der Waals surface area contributed by atoms with Crippen molar-refractivity contribution in [3.05, 3.63) is 11.9 Å².